The summed E-state index contributed by atoms with van der Waals surface area (Å²) < 4.78 is 0. The van der Waals surface area contributed by atoms with Crippen molar-refractivity contribution in [1.82, 2.24) is 9.88 Å². The van der Waals surface area contributed by atoms with E-state index in [4.69, 9.17) is 0 Å². The third-order valence-corrected chi connectivity index (χ3v) is 3.94. The SMILES string of the molecule is CC(=O)SCC1CC(=O)N(Cc2ccccn2)C1. The van der Waals surface area contributed by atoms with Crippen molar-refractivity contribution < 1.29 is 9.59 Å². The summed E-state index contributed by atoms with van der Waals surface area (Å²) in [5.74, 6) is 1.18. The molecular formula is C13H16N2O2S. The van der Waals surface area contributed by atoms with E-state index in [1.807, 2.05) is 23.1 Å². The average molecular weight is 264 g/mol. The van der Waals surface area contributed by atoms with Gasteiger partial charge in [-0.1, -0.05) is 17.8 Å². The number of thioether (sulfide) groups is 1. The summed E-state index contributed by atoms with van der Waals surface area (Å²) in [5.41, 5.74) is 0.908. The van der Waals surface area contributed by atoms with Crippen LogP contribution in [0, 0.1) is 5.92 Å². The van der Waals surface area contributed by atoms with Gasteiger partial charge in [0.1, 0.15) is 0 Å². The van der Waals surface area contributed by atoms with E-state index in [1.54, 1.807) is 13.1 Å². The normalized spacial score (nSPS) is 19.3. The number of carbonyl (C=O) groups is 2. The molecule has 1 amide bonds. The molecule has 1 aliphatic heterocycles. The zero-order chi connectivity index (χ0) is 13.0. The van der Waals surface area contributed by atoms with E-state index >= 15 is 0 Å². The van der Waals surface area contributed by atoms with E-state index in [2.05, 4.69) is 4.98 Å². The van der Waals surface area contributed by atoms with Gasteiger partial charge < -0.3 is 4.90 Å². The predicted octanol–water partition coefficient (Wildman–Crippen LogP) is 1.71. The maximum absolute atomic E-state index is 11.8. The summed E-state index contributed by atoms with van der Waals surface area (Å²) in [6.07, 6.45) is 2.28. The van der Waals surface area contributed by atoms with Crippen LogP contribution in [0.4, 0.5) is 0 Å². The van der Waals surface area contributed by atoms with Crippen LogP contribution in [-0.4, -0.2) is 33.2 Å². The van der Waals surface area contributed by atoms with Crippen molar-refractivity contribution in [1.29, 1.82) is 0 Å². The summed E-state index contributed by atoms with van der Waals surface area (Å²) >= 11 is 1.31. The molecule has 0 bridgehead atoms. The minimum Gasteiger partial charge on any atom is -0.336 e. The molecule has 2 heterocycles. The summed E-state index contributed by atoms with van der Waals surface area (Å²) in [6, 6.07) is 5.71. The monoisotopic (exact) mass is 264 g/mol. The number of carbonyl (C=O) groups excluding carboxylic acids is 2. The molecule has 96 valence electrons. The molecule has 1 unspecified atom stereocenters. The first-order chi connectivity index (χ1) is 8.65. The highest BCUT2D eigenvalue weighted by atomic mass is 32.2. The fourth-order valence-corrected chi connectivity index (χ4v) is 2.73. The van der Waals surface area contributed by atoms with Gasteiger partial charge in [0, 0.05) is 31.8 Å². The first-order valence-corrected chi connectivity index (χ1v) is 6.95. The zero-order valence-corrected chi connectivity index (χ0v) is 11.2. The van der Waals surface area contributed by atoms with Crippen LogP contribution in [0.2, 0.25) is 0 Å². The lowest BCUT2D eigenvalue weighted by molar-refractivity contribution is -0.128. The number of hydrogen-bond acceptors (Lipinski definition) is 4. The fourth-order valence-electron chi connectivity index (χ4n) is 2.04. The van der Waals surface area contributed by atoms with Crippen LogP contribution >= 0.6 is 11.8 Å². The van der Waals surface area contributed by atoms with Crippen LogP contribution in [0.25, 0.3) is 0 Å². The highest BCUT2D eigenvalue weighted by Gasteiger charge is 2.29. The highest BCUT2D eigenvalue weighted by Crippen LogP contribution is 2.23. The molecule has 1 aromatic heterocycles. The molecule has 18 heavy (non-hydrogen) atoms. The van der Waals surface area contributed by atoms with Gasteiger partial charge in [0.2, 0.25) is 5.91 Å². The number of nitrogens with zero attached hydrogens (tertiary/aromatic N) is 2. The Balaban J connectivity index is 1.87. The second-order valence-electron chi connectivity index (χ2n) is 4.47. The molecule has 1 aliphatic rings. The Bertz CT molecular complexity index is 436. The molecule has 1 aromatic rings. The van der Waals surface area contributed by atoms with Crippen LogP contribution in [0.3, 0.4) is 0 Å². The summed E-state index contributed by atoms with van der Waals surface area (Å²) in [7, 11) is 0. The van der Waals surface area contributed by atoms with Gasteiger partial charge in [0.15, 0.2) is 5.12 Å². The van der Waals surface area contributed by atoms with Gasteiger partial charge in [-0.15, -0.1) is 0 Å². The van der Waals surface area contributed by atoms with Gasteiger partial charge in [0.25, 0.3) is 0 Å². The van der Waals surface area contributed by atoms with Crippen molar-refractivity contribution in [2.24, 2.45) is 5.92 Å². The number of aromatic nitrogens is 1. The van der Waals surface area contributed by atoms with E-state index in [0.29, 0.717) is 13.0 Å². The Morgan fingerprint density at radius 3 is 3.06 bits per heavy atom. The molecule has 0 N–H and O–H groups in total. The quantitative estimate of drug-likeness (QED) is 0.830. The van der Waals surface area contributed by atoms with Gasteiger partial charge in [-0.05, 0) is 18.1 Å². The topological polar surface area (TPSA) is 50.3 Å². The van der Waals surface area contributed by atoms with Gasteiger partial charge in [-0.2, -0.15) is 0 Å². The number of hydrogen-bond donors (Lipinski definition) is 0. The second kappa shape index (κ2) is 6.00. The van der Waals surface area contributed by atoms with E-state index in [0.717, 1.165) is 18.0 Å². The van der Waals surface area contributed by atoms with Crippen molar-refractivity contribution >= 4 is 22.8 Å². The molecule has 5 heteroatoms. The highest BCUT2D eigenvalue weighted by molar-refractivity contribution is 8.13. The molecule has 1 fully saturated rings. The van der Waals surface area contributed by atoms with Gasteiger partial charge in [0.05, 0.1) is 12.2 Å². The Labute approximate surface area is 111 Å². The largest absolute Gasteiger partial charge is 0.336 e. The van der Waals surface area contributed by atoms with Gasteiger partial charge >= 0.3 is 0 Å². The van der Waals surface area contributed by atoms with E-state index in [1.165, 1.54) is 11.8 Å². The Hall–Kier alpha value is -1.36. The number of pyridine rings is 1. The van der Waals surface area contributed by atoms with Crippen molar-refractivity contribution in [2.75, 3.05) is 12.3 Å². The van der Waals surface area contributed by atoms with Crippen LogP contribution in [0.15, 0.2) is 24.4 Å². The summed E-state index contributed by atoms with van der Waals surface area (Å²) in [6.45, 7) is 2.86. The second-order valence-corrected chi connectivity index (χ2v) is 5.66. The van der Waals surface area contributed by atoms with Crippen molar-refractivity contribution in [3.05, 3.63) is 30.1 Å². The smallest absolute Gasteiger partial charge is 0.223 e. The lowest BCUT2D eigenvalue weighted by Gasteiger charge is -2.15. The Morgan fingerprint density at radius 1 is 1.56 bits per heavy atom. The molecule has 0 aromatic carbocycles. The molecule has 0 spiro atoms. The lowest BCUT2D eigenvalue weighted by Crippen LogP contribution is -2.25. The number of amides is 1. The number of likely N-dealkylation sites (tertiary alicyclic amines) is 1. The maximum atomic E-state index is 11.8. The van der Waals surface area contributed by atoms with Crippen LogP contribution < -0.4 is 0 Å². The van der Waals surface area contributed by atoms with Crippen molar-refractivity contribution in [3.8, 4) is 0 Å². The molecule has 2 rings (SSSR count). The van der Waals surface area contributed by atoms with Crippen LogP contribution in [0.5, 0.6) is 0 Å². The molecule has 1 saturated heterocycles. The minimum absolute atomic E-state index is 0.116. The van der Waals surface area contributed by atoms with Crippen molar-refractivity contribution in [3.63, 3.8) is 0 Å². The first kappa shape index (κ1) is 13.1. The molecular weight excluding hydrogens is 248 g/mol. The summed E-state index contributed by atoms with van der Waals surface area (Å²) in [5, 5.41) is 0.116. The van der Waals surface area contributed by atoms with Gasteiger partial charge in [-0.3, -0.25) is 14.6 Å². The van der Waals surface area contributed by atoms with E-state index in [-0.39, 0.29) is 16.9 Å². The Kier molecular flexibility index (Phi) is 4.36. The van der Waals surface area contributed by atoms with Crippen LogP contribution in [-0.2, 0) is 16.1 Å². The average Bonchev–Trinajstić information content (AvgIpc) is 2.69. The molecule has 4 nitrogen and oxygen atoms in total. The molecule has 0 radical (unpaired) electrons. The third kappa shape index (κ3) is 3.57. The van der Waals surface area contributed by atoms with Crippen LogP contribution in [0.1, 0.15) is 19.0 Å². The van der Waals surface area contributed by atoms with Crippen molar-refractivity contribution in [2.45, 2.75) is 19.9 Å². The van der Waals surface area contributed by atoms with E-state index in [9.17, 15) is 9.59 Å². The lowest BCUT2D eigenvalue weighted by atomic mass is 10.1. The standard InChI is InChI=1S/C13H16N2O2S/c1-10(16)18-9-11-6-13(17)15(7-11)8-12-4-2-3-5-14-12/h2-5,11H,6-9H2,1H3. The zero-order valence-electron chi connectivity index (χ0n) is 10.3. The minimum atomic E-state index is 0.116. The predicted molar refractivity (Wildman–Crippen MR) is 70.9 cm³/mol. The summed E-state index contributed by atoms with van der Waals surface area (Å²) in [4.78, 5) is 28.8. The maximum Gasteiger partial charge on any atom is 0.223 e. The molecule has 0 aliphatic carbocycles. The third-order valence-electron chi connectivity index (χ3n) is 2.90. The van der Waals surface area contributed by atoms with Gasteiger partial charge in [-0.25, -0.2) is 0 Å². The number of rotatable bonds is 4. The Morgan fingerprint density at radius 2 is 2.39 bits per heavy atom. The fraction of sp³-hybridized carbons (Fsp3) is 0.462. The molecule has 0 saturated carbocycles. The van der Waals surface area contributed by atoms with E-state index < -0.39 is 0 Å². The molecule has 1 atom stereocenters. The first-order valence-electron chi connectivity index (χ1n) is 5.96.